The van der Waals surface area contributed by atoms with Crippen LogP contribution in [-0.4, -0.2) is 67.8 Å². The van der Waals surface area contributed by atoms with E-state index in [9.17, 15) is 9.18 Å². The Morgan fingerprint density at radius 3 is 2.92 bits per heavy atom. The molecule has 1 amide bonds. The summed E-state index contributed by atoms with van der Waals surface area (Å²) in [6, 6.07) is -0.429. The van der Waals surface area contributed by atoms with E-state index in [2.05, 4.69) is 32.4 Å². The highest BCUT2D eigenvalue weighted by Crippen LogP contribution is 2.22. The molecule has 25 heavy (non-hydrogen) atoms. The van der Waals surface area contributed by atoms with E-state index in [0.717, 1.165) is 19.5 Å². The Morgan fingerprint density at radius 2 is 2.28 bits per heavy atom. The lowest BCUT2D eigenvalue weighted by Crippen LogP contribution is -2.48. The number of hydrogen-bond donors (Lipinski definition) is 2. The Morgan fingerprint density at radius 1 is 1.52 bits per heavy atom. The van der Waals surface area contributed by atoms with E-state index >= 15 is 0 Å². The van der Waals surface area contributed by atoms with Gasteiger partial charge in [-0.2, -0.15) is 0 Å². The molecule has 6 nitrogen and oxygen atoms in total. The van der Waals surface area contributed by atoms with Crippen LogP contribution < -0.4 is 10.6 Å². The maximum absolute atomic E-state index is 14.3. The minimum atomic E-state index is -1.21. The molecular weight excluding hydrogens is 321 g/mol. The SMILES string of the molecule is CNC1C(C(=NCC(=O)NC(C)C)N2CCCC(C)C2)=CN=CC1F. The Hall–Kier alpha value is -1.76. The lowest BCUT2D eigenvalue weighted by molar-refractivity contribution is -0.120. The number of rotatable bonds is 5. The summed E-state index contributed by atoms with van der Waals surface area (Å²) in [4.78, 5) is 22.8. The Kier molecular flexibility index (Phi) is 7.11. The summed E-state index contributed by atoms with van der Waals surface area (Å²) >= 11 is 0. The monoisotopic (exact) mass is 351 g/mol. The van der Waals surface area contributed by atoms with Crippen molar-refractivity contribution in [3.63, 3.8) is 0 Å². The topological polar surface area (TPSA) is 69.1 Å². The van der Waals surface area contributed by atoms with Crippen molar-refractivity contribution >= 4 is 18.0 Å². The number of piperidine rings is 1. The average molecular weight is 351 g/mol. The zero-order chi connectivity index (χ0) is 18.4. The molecule has 2 heterocycles. The predicted molar refractivity (Wildman–Crippen MR) is 99.9 cm³/mol. The molecule has 1 saturated heterocycles. The smallest absolute Gasteiger partial charge is 0.241 e. The first-order chi connectivity index (χ1) is 11.9. The van der Waals surface area contributed by atoms with Crippen molar-refractivity contribution in [2.24, 2.45) is 15.9 Å². The fraction of sp³-hybridized carbons (Fsp3) is 0.722. The molecule has 0 aromatic heterocycles. The highest BCUT2D eigenvalue weighted by molar-refractivity contribution is 6.02. The number of alkyl halides is 1. The molecule has 2 aliphatic rings. The molecule has 0 radical (unpaired) electrons. The largest absolute Gasteiger partial charge is 0.356 e. The van der Waals surface area contributed by atoms with Crippen LogP contribution in [0.5, 0.6) is 0 Å². The highest BCUT2D eigenvalue weighted by Gasteiger charge is 2.31. The first-order valence-electron chi connectivity index (χ1n) is 9.06. The summed E-state index contributed by atoms with van der Waals surface area (Å²) in [5, 5.41) is 5.86. The first-order valence-corrected chi connectivity index (χ1v) is 9.06. The van der Waals surface area contributed by atoms with Gasteiger partial charge < -0.3 is 15.5 Å². The molecule has 0 aliphatic carbocycles. The maximum Gasteiger partial charge on any atom is 0.241 e. The molecule has 0 bridgehead atoms. The van der Waals surface area contributed by atoms with Crippen LogP contribution in [0.3, 0.4) is 0 Å². The summed E-state index contributed by atoms with van der Waals surface area (Å²) in [7, 11) is 1.73. The van der Waals surface area contributed by atoms with Gasteiger partial charge in [-0.3, -0.25) is 14.8 Å². The Labute approximate surface area is 149 Å². The maximum atomic E-state index is 14.3. The van der Waals surface area contributed by atoms with Gasteiger partial charge in [-0.05, 0) is 39.7 Å². The normalized spacial score (nSPS) is 27.4. The molecule has 0 aromatic rings. The third-order valence-corrected chi connectivity index (χ3v) is 4.44. The number of carbonyl (C=O) groups excluding carboxylic acids is 1. The molecule has 0 aromatic carbocycles. The molecule has 2 aliphatic heterocycles. The second-order valence-corrected chi connectivity index (χ2v) is 7.15. The van der Waals surface area contributed by atoms with Crippen molar-refractivity contribution in [1.29, 1.82) is 0 Å². The number of likely N-dealkylation sites (N-methyl/N-ethyl adjacent to an activating group) is 1. The summed E-state index contributed by atoms with van der Waals surface area (Å²) in [6.45, 7) is 7.79. The van der Waals surface area contributed by atoms with Gasteiger partial charge in [-0.1, -0.05) is 6.92 Å². The van der Waals surface area contributed by atoms with Crippen molar-refractivity contribution in [3.8, 4) is 0 Å². The van der Waals surface area contributed by atoms with E-state index in [-0.39, 0.29) is 18.5 Å². The van der Waals surface area contributed by atoms with Gasteiger partial charge >= 0.3 is 0 Å². The van der Waals surface area contributed by atoms with E-state index in [1.165, 1.54) is 12.6 Å². The van der Waals surface area contributed by atoms with Gasteiger partial charge in [0.1, 0.15) is 12.4 Å². The summed E-state index contributed by atoms with van der Waals surface area (Å²) in [5.41, 5.74) is 0.712. The molecule has 140 valence electrons. The number of carbonyl (C=O) groups is 1. The van der Waals surface area contributed by atoms with Crippen molar-refractivity contribution in [2.75, 3.05) is 26.7 Å². The molecule has 2 N–H and O–H groups in total. The fourth-order valence-corrected chi connectivity index (χ4v) is 3.32. The van der Waals surface area contributed by atoms with E-state index in [1.807, 2.05) is 13.8 Å². The number of nitrogens with one attached hydrogen (secondary N) is 2. The zero-order valence-electron chi connectivity index (χ0n) is 15.6. The second kappa shape index (κ2) is 9.08. The predicted octanol–water partition coefficient (Wildman–Crippen LogP) is 1.54. The minimum absolute atomic E-state index is 0.0346. The quantitative estimate of drug-likeness (QED) is 0.583. The van der Waals surface area contributed by atoms with Crippen LogP contribution in [0.15, 0.2) is 21.8 Å². The molecule has 3 unspecified atom stereocenters. The summed E-state index contributed by atoms with van der Waals surface area (Å²) < 4.78 is 14.3. The van der Waals surface area contributed by atoms with Crippen LogP contribution in [0.4, 0.5) is 4.39 Å². The van der Waals surface area contributed by atoms with Gasteiger partial charge in [0.05, 0.1) is 6.04 Å². The Balaban J connectivity index is 2.26. The highest BCUT2D eigenvalue weighted by atomic mass is 19.1. The average Bonchev–Trinajstić information content (AvgIpc) is 2.54. The lowest BCUT2D eigenvalue weighted by atomic mass is 9.96. The third kappa shape index (κ3) is 5.36. The number of hydrogen-bond acceptors (Lipinski definition) is 4. The van der Waals surface area contributed by atoms with E-state index in [1.54, 1.807) is 13.2 Å². The molecule has 7 heteroatoms. The van der Waals surface area contributed by atoms with Gasteiger partial charge in [-0.15, -0.1) is 0 Å². The summed E-state index contributed by atoms with van der Waals surface area (Å²) in [6.07, 6.45) is 4.00. The first kappa shape index (κ1) is 19.6. The van der Waals surface area contributed by atoms with E-state index in [0.29, 0.717) is 17.3 Å². The van der Waals surface area contributed by atoms with Gasteiger partial charge in [0.15, 0.2) is 6.17 Å². The number of amidine groups is 1. The van der Waals surface area contributed by atoms with Crippen LogP contribution in [0, 0.1) is 5.92 Å². The number of likely N-dealkylation sites (tertiary alicyclic amines) is 1. The second-order valence-electron chi connectivity index (χ2n) is 7.15. The van der Waals surface area contributed by atoms with E-state index in [4.69, 9.17) is 0 Å². The van der Waals surface area contributed by atoms with Gasteiger partial charge in [-0.25, -0.2) is 4.39 Å². The van der Waals surface area contributed by atoms with Crippen LogP contribution in [0.1, 0.15) is 33.6 Å². The number of aliphatic imine (C=N–C) groups is 2. The lowest BCUT2D eigenvalue weighted by Gasteiger charge is -2.36. The van der Waals surface area contributed by atoms with E-state index < -0.39 is 12.2 Å². The molecule has 2 rings (SSSR count). The Bertz CT molecular complexity index is 558. The minimum Gasteiger partial charge on any atom is -0.356 e. The number of halogens is 1. The number of amides is 1. The molecule has 0 saturated carbocycles. The van der Waals surface area contributed by atoms with Gasteiger partial charge in [0.25, 0.3) is 0 Å². The van der Waals surface area contributed by atoms with Crippen molar-refractivity contribution in [1.82, 2.24) is 15.5 Å². The van der Waals surface area contributed by atoms with Crippen LogP contribution in [0.2, 0.25) is 0 Å². The van der Waals surface area contributed by atoms with Crippen molar-refractivity contribution < 1.29 is 9.18 Å². The molecule has 0 spiro atoms. The third-order valence-electron chi connectivity index (χ3n) is 4.44. The van der Waals surface area contributed by atoms with Gasteiger partial charge in [0.2, 0.25) is 5.91 Å². The van der Waals surface area contributed by atoms with Crippen molar-refractivity contribution in [2.45, 2.75) is 51.9 Å². The van der Waals surface area contributed by atoms with Gasteiger partial charge in [0, 0.05) is 37.1 Å². The zero-order valence-corrected chi connectivity index (χ0v) is 15.6. The standard InChI is InChI=1S/C18H30FN5O/c1-12(2)23-16(25)10-22-18(24-7-5-6-13(3)11-24)14-8-21-9-15(19)17(14)20-4/h8-9,12-13,15,17,20H,5-7,10-11H2,1-4H3,(H,23,25). The van der Waals surface area contributed by atoms with Crippen LogP contribution in [0.25, 0.3) is 0 Å². The van der Waals surface area contributed by atoms with Crippen LogP contribution in [-0.2, 0) is 4.79 Å². The van der Waals surface area contributed by atoms with Crippen molar-refractivity contribution in [3.05, 3.63) is 11.8 Å². The molecule has 1 fully saturated rings. The molecule has 3 atom stereocenters. The summed E-state index contributed by atoms with van der Waals surface area (Å²) in [5.74, 6) is 1.10. The van der Waals surface area contributed by atoms with Crippen LogP contribution >= 0.6 is 0 Å². The fourth-order valence-electron chi connectivity index (χ4n) is 3.32. The number of nitrogens with zero attached hydrogens (tertiary/aromatic N) is 3. The molecular formula is C18H30FN5O.